The Hall–Kier alpha value is -3.84. The average Bonchev–Trinajstić information content (AvgIpc) is 2.85. The smallest absolute Gasteiger partial charge is 0.282 e. The highest BCUT2D eigenvalue weighted by atomic mass is 35.5. The van der Waals surface area contributed by atoms with Crippen molar-refractivity contribution in [3.05, 3.63) is 80.6 Å². The molecule has 0 aliphatic carbocycles. The van der Waals surface area contributed by atoms with E-state index in [1.807, 2.05) is 38.1 Å². The minimum atomic E-state index is -0.303. The van der Waals surface area contributed by atoms with Crippen LogP contribution in [0.2, 0.25) is 5.02 Å². The summed E-state index contributed by atoms with van der Waals surface area (Å²) in [5, 5.41) is 15.1. The summed E-state index contributed by atoms with van der Waals surface area (Å²) in [4.78, 5) is 18.4. The van der Waals surface area contributed by atoms with Crippen LogP contribution in [-0.4, -0.2) is 34.7 Å². The second-order valence-electron chi connectivity index (χ2n) is 8.66. The van der Waals surface area contributed by atoms with Gasteiger partial charge in [-0.25, -0.2) is 4.98 Å². The van der Waals surface area contributed by atoms with E-state index in [2.05, 4.69) is 18.9 Å². The van der Waals surface area contributed by atoms with Gasteiger partial charge in [0.25, 0.3) is 5.56 Å². The van der Waals surface area contributed by atoms with Crippen LogP contribution < -0.4 is 15.0 Å². The highest BCUT2D eigenvalue weighted by Crippen LogP contribution is 2.35. The van der Waals surface area contributed by atoms with Crippen molar-refractivity contribution in [2.45, 2.75) is 33.6 Å². The van der Waals surface area contributed by atoms with Gasteiger partial charge in [0.05, 0.1) is 35.9 Å². The van der Waals surface area contributed by atoms with Crippen LogP contribution >= 0.6 is 11.6 Å². The number of phenolic OH excluding ortho intramolecular Hbond substituents is 1. The summed E-state index contributed by atoms with van der Waals surface area (Å²) in [6, 6.07) is 14.3. The number of aromatic nitrogens is 2. The first kappa shape index (κ1) is 25.3. The Morgan fingerprint density at radius 2 is 1.92 bits per heavy atom. The van der Waals surface area contributed by atoms with Crippen LogP contribution in [-0.2, 0) is 0 Å². The molecule has 0 saturated heterocycles. The minimum Gasteiger partial charge on any atom is -0.503 e. The number of benzene rings is 3. The van der Waals surface area contributed by atoms with Gasteiger partial charge in [-0.2, -0.15) is 9.78 Å². The molecule has 0 aliphatic rings. The molecule has 4 aromatic rings. The van der Waals surface area contributed by atoms with Gasteiger partial charge < -0.3 is 14.6 Å². The first-order valence-electron chi connectivity index (χ1n) is 11.7. The monoisotopic (exact) mass is 505 g/mol. The number of hydrogen-bond acceptors (Lipinski definition) is 6. The van der Waals surface area contributed by atoms with E-state index in [9.17, 15) is 9.90 Å². The zero-order chi connectivity index (χ0) is 26.0. The molecule has 0 fully saturated rings. The third kappa shape index (κ3) is 4.79. The van der Waals surface area contributed by atoms with Gasteiger partial charge in [-0.05, 0) is 72.9 Å². The molecule has 0 saturated carbocycles. The van der Waals surface area contributed by atoms with Gasteiger partial charge in [0.15, 0.2) is 17.3 Å². The van der Waals surface area contributed by atoms with E-state index in [0.717, 1.165) is 22.4 Å². The van der Waals surface area contributed by atoms with E-state index in [-0.39, 0.29) is 28.0 Å². The number of methoxy groups -OCH3 is 1. The quantitative estimate of drug-likeness (QED) is 0.305. The van der Waals surface area contributed by atoms with Crippen molar-refractivity contribution in [1.82, 2.24) is 9.66 Å². The Morgan fingerprint density at radius 1 is 1.17 bits per heavy atom. The van der Waals surface area contributed by atoms with Crippen molar-refractivity contribution in [1.29, 1.82) is 0 Å². The molecule has 0 unspecified atom stereocenters. The average molecular weight is 506 g/mol. The topological polar surface area (TPSA) is 85.9 Å². The van der Waals surface area contributed by atoms with Gasteiger partial charge in [-0.3, -0.25) is 4.79 Å². The fourth-order valence-corrected chi connectivity index (χ4v) is 4.24. The highest BCUT2D eigenvalue weighted by Gasteiger charge is 2.18. The predicted molar refractivity (Wildman–Crippen MR) is 144 cm³/mol. The number of aryl methyl sites for hydroxylation is 1. The number of nitrogens with zero attached hydrogens (tertiary/aromatic N) is 3. The van der Waals surface area contributed by atoms with Crippen molar-refractivity contribution >= 4 is 28.7 Å². The zero-order valence-electron chi connectivity index (χ0n) is 20.9. The number of fused-ring (bicyclic) bond motifs is 1. The molecule has 1 heterocycles. The molecule has 186 valence electrons. The SMILES string of the molecule is CCOc1cc(C)c(-c2nc3ccccc3c(=O)n2N=Cc2cc(Cl)c(O)c(OC)c2)cc1C(C)C. The molecule has 7 nitrogen and oxygen atoms in total. The Labute approximate surface area is 214 Å². The number of rotatable bonds is 7. The van der Waals surface area contributed by atoms with Crippen LogP contribution in [0.1, 0.15) is 43.4 Å². The van der Waals surface area contributed by atoms with Gasteiger partial charge in [0.1, 0.15) is 5.75 Å². The minimum absolute atomic E-state index is 0.115. The number of halogens is 1. The Kier molecular flexibility index (Phi) is 7.31. The summed E-state index contributed by atoms with van der Waals surface area (Å²) in [5.41, 5.74) is 3.53. The molecule has 0 atom stereocenters. The molecule has 0 aliphatic heterocycles. The lowest BCUT2D eigenvalue weighted by atomic mass is 9.96. The van der Waals surface area contributed by atoms with Crippen molar-refractivity contribution in [2.75, 3.05) is 13.7 Å². The van der Waals surface area contributed by atoms with Gasteiger partial charge in [0.2, 0.25) is 0 Å². The van der Waals surface area contributed by atoms with Gasteiger partial charge >= 0.3 is 0 Å². The first-order valence-corrected chi connectivity index (χ1v) is 12.0. The van der Waals surface area contributed by atoms with Crippen LogP contribution in [0.3, 0.4) is 0 Å². The summed E-state index contributed by atoms with van der Waals surface area (Å²) in [6.07, 6.45) is 1.49. The molecule has 1 N–H and O–H groups in total. The summed E-state index contributed by atoms with van der Waals surface area (Å²) < 4.78 is 12.4. The molecule has 1 aromatic heterocycles. The molecular formula is C28H28ClN3O4. The van der Waals surface area contributed by atoms with Crippen molar-refractivity contribution in [3.8, 4) is 28.6 Å². The van der Waals surface area contributed by atoms with Crippen LogP contribution in [0.15, 0.2) is 58.4 Å². The van der Waals surface area contributed by atoms with Crippen LogP contribution in [0.5, 0.6) is 17.2 Å². The standard InChI is InChI=1S/C28H28ClN3O4/c1-6-36-24-11-17(4)21(14-20(24)16(2)3)27-31-23-10-8-7-9-19(23)28(34)32(27)30-15-18-12-22(29)26(33)25(13-18)35-5/h7-16,33H,6H2,1-5H3. The molecular weight excluding hydrogens is 478 g/mol. The maximum Gasteiger partial charge on any atom is 0.282 e. The number of hydrogen-bond donors (Lipinski definition) is 1. The summed E-state index contributed by atoms with van der Waals surface area (Å²) in [6.45, 7) is 8.66. The molecule has 0 radical (unpaired) electrons. The molecule has 0 amide bonds. The van der Waals surface area contributed by atoms with Crippen molar-refractivity contribution < 1.29 is 14.6 Å². The van der Waals surface area contributed by atoms with Crippen molar-refractivity contribution in [2.24, 2.45) is 5.10 Å². The molecule has 4 rings (SSSR count). The van der Waals surface area contributed by atoms with E-state index < -0.39 is 0 Å². The molecule has 0 bridgehead atoms. The van der Waals surface area contributed by atoms with E-state index in [4.69, 9.17) is 26.1 Å². The summed E-state index contributed by atoms with van der Waals surface area (Å²) >= 11 is 6.14. The molecule has 3 aromatic carbocycles. The fourth-order valence-electron chi connectivity index (χ4n) is 4.02. The maximum absolute atomic E-state index is 13.6. The zero-order valence-corrected chi connectivity index (χ0v) is 21.6. The summed E-state index contributed by atoms with van der Waals surface area (Å²) in [7, 11) is 1.43. The lowest BCUT2D eigenvalue weighted by Crippen LogP contribution is -2.21. The van der Waals surface area contributed by atoms with E-state index in [1.165, 1.54) is 18.0 Å². The van der Waals surface area contributed by atoms with Crippen LogP contribution in [0.25, 0.3) is 22.3 Å². The largest absolute Gasteiger partial charge is 0.503 e. The lowest BCUT2D eigenvalue weighted by molar-refractivity contribution is 0.335. The maximum atomic E-state index is 13.6. The third-order valence-corrected chi connectivity index (χ3v) is 6.15. The number of phenols is 1. The predicted octanol–water partition coefficient (Wildman–Crippen LogP) is 6.14. The van der Waals surface area contributed by atoms with Gasteiger partial charge in [-0.15, -0.1) is 0 Å². The van der Waals surface area contributed by atoms with Gasteiger partial charge in [0, 0.05) is 5.56 Å². The number of ether oxygens (including phenoxy) is 2. The summed E-state index contributed by atoms with van der Waals surface area (Å²) in [5.74, 6) is 1.47. The highest BCUT2D eigenvalue weighted by molar-refractivity contribution is 6.32. The number of aromatic hydroxyl groups is 1. The van der Waals surface area contributed by atoms with Gasteiger partial charge in [-0.1, -0.05) is 37.6 Å². The second kappa shape index (κ2) is 10.4. The molecule has 36 heavy (non-hydrogen) atoms. The lowest BCUT2D eigenvalue weighted by Gasteiger charge is -2.18. The van der Waals surface area contributed by atoms with Crippen molar-refractivity contribution in [3.63, 3.8) is 0 Å². The van der Waals surface area contributed by atoms with Crippen LogP contribution in [0.4, 0.5) is 0 Å². The third-order valence-electron chi connectivity index (χ3n) is 5.87. The molecule has 0 spiro atoms. The Balaban J connectivity index is 1.97. The second-order valence-corrected chi connectivity index (χ2v) is 9.07. The van der Waals surface area contributed by atoms with E-state index in [1.54, 1.807) is 24.3 Å². The van der Waals surface area contributed by atoms with E-state index >= 15 is 0 Å². The van der Waals surface area contributed by atoms with E-state index in [0.29, 0.717) is 28.9 Å². The number of para-hydroxylation sites is 1. The van der Waals surface area contributed by atoms with Crippen LogP contribution in [0, 0.1) is 6.92 Å². The molecule has 8 heteroatoms. The normalized spacial score (nSPS) is 11.5. The first-order chi connectivity index (χ1) is 17.2. The fraction of sp³-hybridized carbons (Fsp3) is 0.250. The Morgan fingerprint density at radius 3 is 2.61 bits per heavy atom. The Bertz CT molecular complexity index is 1530.